The monoisotopic (exact) mass is 304 g/mol. The van der Waals surface area contributed by atoms with Crippen molar-refractivity contribution in [3.8, 4) is 0 Å². The van der Waals surface area contributed by atoms with Crippen molar-refractivity contribution in [2.24, 2.45) is 0 Å². The molecule has 0 aromatic heterocycles. The highest BCUT2D eigenvalue weighted by Crippen LogP contribution is 2.21. The van der Waals surface area contributed by atoms with Crippen LogP contribution in [0, 0.1) is 6.92 Å². The van der Waals surface area contributed by atoms with Crippen LogP contribution in [-0.2, 0) is 4.79 Å². The summed E-state index contributed by atoms with van der Waals surface area (Å²) < 4.78 is 0.977. The fourth-order valence-electron chi connectivity index (χ4n) is 1.46. The molecule has 2 N–H and O–H groups in total. The molecular weight excluding hydrogens is 291 g/mol. The van der Waals surface area contributed by atoms with Gasteiger partial charge in [0.15, 0.2) is 0 Å². The van der Waals surface area contributed by atoms with Gasteiger partial charge in [-0.25, -0.2) is 0 Å². The summed E-state index contributed by atoms with van der Waals surface area (Å²) in [6, 6.07) is 5.86. The third-order valence-corrected chi connectivity index (χ3v) is 3.09. The first-order valence-electron chi connectivity index (χ1n) is 4.97. The highest BCUT2D eigenvalue weighted by molar-refractivity contribution is 9.10. The van der Waals surface area contributed by atoms with Gasteiger partial charge in [-0.3, -0.25) is 4.79 Å². The molecule has 0 bridgehead atoms. The molecule has 0 spiro atoms. The third-order valence-electron chi connectivity index (χ3n) is 2.60. The minimum Gasteiger partial charge on any atom is -0.324 e. The molecule has 3 nitrogen and oxygen atoms in total. The molecule has 5 heteroatoms. The summed E-state index contributed by atoms with van der Waals surface area (Å²) in [5.41, 5.74) is 1.95. The van der Waals surface area contributed by atoms with Crippen molar-refractivity contribution in [3.05, 3.63) is 28.2 Å². The minimum atomic E-state index is -0.0108. The Morgan fingerprint density at radius 2 is 2.25 bits per heavy atom. The molecule has 1 atom stereocenters. The van der Waals surface area contributed by atoms with Crippen molar-refractivity contribution in [2.45, 2.75) is 19.4 Å². The standard InChI is InChI=1S/C11H13BrN2O.ClH/c1-7-2-3-8(12)6-10(7)14-11(15)9-4-5-13-9;/h2-3,6,9,13H,4-5H2,1H3,(H,14,15);1H/t9-;/m1./s1. The van der Waals surface area contributed by atoms with E-state index in [1.54, 1.807) is 0 Å². The molecule has 0 unspecified atom stereocenters. The second-order valence-electron chi connectivity index (χ2n) is 3.74. The van der Waals surface area contributed by atoms with E-state index < -0.39 is 0 Å². The largest absolute Gasteiger partial charge is 0.324 e. The molecule has 2 rings (SSSR count). The SMILES string of the molecule is Cc1ccc(Br)cc1NC(=O)[C@H]1CCN1.Cl. The summed E-state index contributed by atoms with van der Waals surface area (Å²) in [4.78, 5) is 11.7. The maximum Gasteiger partial charge on any atom is 0.241 e. The van der Waals surface area contributed by atoms with E-state index in [1.807, 2.05) is 25.1 Å². The molecule has 1 aliphatic heterocycles. The number of aryl methyl sites for hydroxylation is 1. The van der Waals surface area contributed by atoms with Gasteiger partial charge in [0.2, 0.25) is 5.91 Å². The van der Waals surface area contributed by atoms with Gasteiger partial charge in [-0.1, -0.05) is 22.0 Å². The minimum absolute atomic E-state index is 0. The Labute approximate surface area is 110 Å². The van der Waals surface area contributed by atoms with Crippen LogP contribution in [0.25, 0.3) is 0 Å². The molecule has 1 aromatic carbocycles. The molecule has 1 heterocycles. The van der Waals surface area contributed by atoms with Gasteiger partial charge in [0.25, 0.3) is 0 Å². The lowest BCUT2D eigenvalue weighted by atomic mass is 10.1. The molecule has 0 aliphatic carbocycles. The number of benzene rings is 1. The topological polar surface area (TPSA) is 41.1 Å². The lowest BCUT2D eigenvalue weighted by Crippen LogP contribution is -2.50. The van der Waals surface area contributed by atoms with Gasteiger partial charge in [-0.15, -0.1) is 12.4 Å². The van der Waals surface area contributed by atoms with Crippen molar-refractivity contribution in [1.29, 1.82) is 0 Å². The second kappa shape index (κ2) is 5.66. The molecule has 0 radical (unpaired) electrons. The van der Waals surface area contributed by atoms with Crippen LogP contribution in [0.3, 0.4) is 0 Å². The van der Waals surface area contributed by atoms with Gasteiger partial charge < -0.3 is 10.6 Å². The van der Waals surface area contributed by atoms with Gasteiger partial charge in [-0.05, 0) is 37.6 Å². The Bertz CT molecular complexity index is 394. The van der Waals surface area contributed by atoms with Crippen LogP contribution in [0.1, 0.15) is 12.0 Å². The zero-order valence-electron chi connectivity index (χ0n) is 8.92. The molecule has 1 fully saturated rings. The van der Waals surface area contributed by atoms with Gasteiger partial charge in [-0.2, -0.15) is 0 Å². The highest BCUT2D eigenvalue weighted by Gasteiger charge is 2.24. The van der Waals surface area contributed by atoms with Crippen molar-refractivity contribution in [1.82, 2.24) is 5.32 Å². The van der Waals surface area contributed by atoms with Crippen LogP contribution in [0.2, 0.25) is 0 Å². The lowest BCUT2D eigenvalue weighted by Gasteiger charge is -2.26. The number of amides is 1. The summed E-state index contributed by atoms with van der Waals surface area (Å²) in [7, 11) is 0. The molecular formula is C11H14BrClN2O. The fraction of sp³-hybridized carbons (Fsp3) is 0.364. The van der Waals surface area contributed by atoms with Gasteiger partial charge in [0.05, 0.1) is 6.04 Å². The van der Waals surface area contributed by atoms with Crippen LogP contribution in [-0.4, -0.2) is 18.5 Å². The molecule has 0 saturated carbocycles. The van der Waals surface area contributed by atoms with E-state index in [2.05, 4.69) is 26.6 Å². The maximum absolute atomic E-state index is 11.7. The molecule has 16 heavy (non-hydrogen) atoms. The number of hydrogen-bond acceptors (Lipinski definition) is 2. The highest BCUT2D eigenvalue weighted by atomic mass is 79.9. The van der Waals surface area contributed by atoms with Crippen LogP contribution in [0.15, 0.2) is 22.7 Å². The molecule has 1 saturated heterocycles. The fourth-order valence-corrected chi connectivity index (χ4v) is 1.82. The number of nitrogens with one attached hydrogen (secondary N) is 2. The van der Waals surface area contributed by atoms with E-state index in [0.717, 1.165) is 28.7 Å². The quantitative estimate of drug-likeness (QED) is 0.881. The Morgan fingerprint density at radius 1 is 1.56 bits per heavy atom. The zero-order valence-corrected chi connectivity index (χ0v) is 11.3. The predicted molar refractivity (Wildman–Crippen MR) is 71.2 cm³/mol. The Kier molecular flexibility index (Phi) is 4.77. The summed E-state index contributed by atoms with van der Waals surface area (Å²) in [6.45, 7) is 2.92. The Morgan fingerprint density at radius 3 is 2.81 bits per heavy atom. The first-order valence-corrected chi connectivity index (χ1v) is 5.76. The number of carbonyl (C=O) groups is 1. The van der Waals surface area contributed by atoms with Gasteiger partial charge in [0.1, 0.15) is 0 Å². The van der Waals surface area contributed by atoms with Crippen molar-refractivity contribution in [3.63, 3.8) is 0 Å². The molecule has 88 valence electrons. The van der Waals surface area contributed by atoms with Crippen LogP contribution >= 0.6 is 28.3 Å². The summed E-state index contributed by atoms with van der Waals surface area (Å²) in [5, 5.41) is 6.00. The first kappa shape index (κ1) is 13.5. The normalized spacial score (nSPS) is 18.2. The van der Waals surface area contributed by atoms with Crippen molar-refractivity contribution in [2.75, 3.05) is 11.9 Å². The van der Waals surface area contributed by atoms with Crippen molar-refractivity contribution >= 4 is 39.9 Å². The van der Waals surface area contributed by atoms with Crippen LogP contribution < -0.4 is 10.6 Å². The van der Waals surface area contributed by atoms with Crippen molar-refractivity contribution < 1.29 is 4.79 Å². The number of hydrogen-bond donors (Lipinski definition) is 2. The van der Waals surface area contributed by atoms with Gasteiger partial charge >= 0.3 is 0 Å². The molecule has 1 amide bonds. The van der Waals surface area contributed by atoms with E-state index in [9.17, 15) is 4.79 Å². The Balaban J connectivity index is 0.00000128. The van der Waals surface area contributed by atoms with Crippen LogP contribution in [0.4, 0.5) is 5.69 Å². The summed E-state index contributed by atoms with van der Waals surface area (Å²) >= 11 is 3.39. The zero-order chi connectivity index (χ0) is 10.8. The van der Waals surface area contributed by atoms with E-state index in [0.29, 0.717) is 0 Å². The van der Waals surface area contributed by atoms with E-state index in [-0.39, 0.29) is 24.4 Å². The summed E-state index contributed by atoms with van der Waals surface area (Å²) in [5.74, 6) is 0.0578. The maximum atomic E-state index is 11.7. The average molecular weight is 306 g/mol. The predicted octanol–water partition coefficient (Wildman–Crippen LogP) is 2.48. The first-order chi connectivity index (χ1) is 7.16. The molecule has 1 aromatic rings. The van der Waals surface area contributed by atoms with E-state index in [4.69, 9.17) is 0 Å². The lowest BCUT2D eigenvalue weighted by molar-refractivity contribution is -0.119. The van der Waals surface area contributed by atoms with Gasteiger partial charge in [0, 0.05) is 10.2 Å². The average Bonchev–Trinajstić information content (AvgIpc) is 2.08. The number of rotatable bonds is 2. The van der Waals surface area contributed by atoms with Crippen LogP contribution in [0.5, 0.6) is 0 Å². The Hall–Kier alpha value is -0.580. The number of carbonyl (C=O) groups excluding carboxylic acids is 1. The smallest absolute Gasteiger partial charge is 0.241 e. The third kappa shape index (κ3) is 2.97. The summed E-state index contributed by atoms with van der Waals surface area (Å²) in [6.07, 6.45) is 0.929. The van der Waals surface area contributed by atoms with E-state index >= 15 is 0 Å². The van der Waals surface area contributed by atoms with E-state index in [1.165, 1.54) is 0 Å². The number of anilines is 1. The second-order valence-corrected chi connectivity index (χ2v) is 4.66. The number of halogens is 2. The molecule has 1 aliphatic rings.